The third-order valence-corrected chi connectivity index (χ3v) is 3.89. The summed E-state index contributed by atoms with van der Waals surface area (Å²) < 4.78 is 5.31. The van der Waals surface area contributed by atoms with Gasteiger partial charge in [0.2, 0.25) is 0 Å². The van der Waals surface area contributed by atoms with Crippen LogP contribution in [0.25, 0.3) is 6.08 Å². The Kier molecular flexibility index (Phi) is 6.98. The number of carbonyl (C=O) groups is 1. The van der Waals surface area contributed by atoms with E-state index in [1.807, 2.05) is 56.3 Å². The lowest BCUT2D eigenvalue weighted by molar-refractivity contribution is 0.104. The highest BCUT2D eigenvalue weighted by atomic mass is 16.5. The zero-order chi connectivity index (χ0) is 18.9. The van der Waals surface area contributed by atoms with Gasteiger partial charge in [0, 0.05) is 5.56 Å². The Morgan fingerprint density at radius 3 is 2.46 bits per heavy atom. The van der Waals surface area contributed by atoms with Gasteiger partial charge in [-0.05, 0) is 44.0 Å². The third kappa shape index (κ3) is 5.21. The Morgan fingerprint density at radius 2 is 1.81 bits per heavy atom. The Bertz CT molecular complexity index is 839. The minimum Gasteiger partial charge on any atom is -0.507 e. The number of aromatic hydroxyl groups is 1. The molecule has 0 radical (unpaired) electrons. The smallest absolute Gasteiger partial charge is 0.189 e. The van der Waals surface area contributed by atoms with Crippen molar-refractivity contribution in [1.82, 2.24) is 0 Å². The van der Waals surface area contributed by atoms with Crippen LogP contribution in [0, 0.1) is 0 Å². The average molecular weight is 348 g/mol. The van der Waals surface area contributed by atoms with Gasteiger partial charge in [-0.25, -0.2) is 0 Å². The van der Waals surface area contributed by atoms with Gasteiger partial charge in [0.15, 0.2) is 5.78 Å². The molecule has 134 valence electrons. The van der Waals surface area contributed by atoms with E-state index in [0.29, 0.717) is 17.7 Å². The second-order valence-electron chi connectivity index (χ2n) is 6.12. The van der Waals surface area contributed by atoms with Gasteiger partial charge in [0.1, 0.15) is 11.5 Å². The molecular formula is C23H24O3. The monoisotopic (exact) mass is 348 g/mol. The summed E-state index contributed by atoms with van der Waals surface area (Å²) in [6.45, 7) is 3.97. The number of methoxy groups -OCH3 is 1. The van der Waals surface area contributed by atoms with Gasteiger partial charge >= 0.3 is 0 Å². The Morgan fingerprint density at radius 1 is 1.08 bits per heavy atom. The van der Waals surface area contributed by atoms with Crippen LogP contribution in [0.2, 0.25) is 0 Å². The molecule has 0 heterocycles. The largest absolute Gasteiger partial charge is 0.507 e. The summed E-state index contributed by atoms with van der Waals surface area (Å²) in [7, 11) is 1.55. The van der Waals surface area contributed by atoms with E-state index in [1.165, 1.54) is 6.08 Å². The summed E-state index contributed by atoms with van der Waals surface area (Å²) >= 11 is 0. The maximum absolute atomic E-state index is 12.4. The quantitative estimate of drug-likeness (QED) is 0.317. The van der Waals surface area contributed by atoms with Crippen LogP contribution in [0.5, 0.6) is 11.5 Å². The lowest BCUT2D eigenvalue weighted by Crippen LogP contribution is -2.00. The summed E-state index contributed by atoms with van der Waals surface area (Å²) in [5.74, 6) is 0.300. The Labute approximate surface area is 155 Å². The highest BCUT2D eigenvalue weighted by molar-refractivity contribution is 6.07. The SMILES string of the molecule is COc1ccc(C(=O)C=CC=Cc2ccccc2)c(O)c1CC=C(C)C. The summed E-state index contributed by atoms with van der Waals surface area (Å²) in [6, 6.07) is 13.1. The number of allylic oxidation sites excluding steroid dienone is 5. The predicted octanol–water partition coefficient (Wildman–Crippen LogP) is 5.36. The molecule has 0 saturated heterocycles. The normalized spacial score (nSPS) is 11.0. The first kappa shape index (κ1) is 19.3. The van der Waals surface area contributed by atoms with E-state index < -0.39 is 0 Å². The van der Waals surface area contributed by atoms with Crippen molar-refractivity contribution in [2.24, 2.45) is 0 Å². The minimum absolute atomic E-state index is 0.0245. The van der Waals surface area contributed by atoms with Crippen molar-refractivity contribution in [1.29, 1.82) is 0 Å². The van der Waals surface area contributed by atoms with Crippen molar-refractivity contribution in [3.05, 3.63) is 89.0 Å². The molecule has 0 spiro atoms. The lowest BCUT2D eigenvalue weighted by Gasteiger charge is -2.11. The molecule has 0 atom stereocenters. The van der Waals surface area contributed by atoms with Gasteiger partial charge < -0.3 is 9.84 Å². The van der Waals surface area contributed by atoms with Gasteiger partial charge in [0.25, 0.3) is 0 Å². The molecule has 0 aliphatic rings. The minimum atomic E-state index is -0.249. The topological polar surface area (TPSA) is 46.5 Å². The molecule has 0 amide bonds. The van der Waals surface area contributed by atoms with Crippen LogP contribution < -0.4 is 4.74 Å². The van der Waals surface area contributed by atoms with Crippen LogP contribution in [0.4, 0.5) is 0 Å². The fourth-order valence-corrected chi connectivity index (χ4v) is 2.47. The van der Waals surface area contributed by atoms with Crippen LogP contribution in [0.1, 0.15) is 35.3 Å². The van der Waals surface area contributed by atoms with E-state index in [0.717, 1.165) is 11.1 Å². The van der Waals surface area contributed by atoms with Gasteiger partial charge in [0.05, 0.1) is 12.7 Å². The number of hydrogen-bond acceptors (Lipinski definition) is 3. The van der Waals surface area contributed by atoms with Gasteiger partial charge in [-0.3, -0.25) is 4.79 Å². The van der Waals surface area contributed by atoms with Crippen molar-refractivity contribution in [2.45, 2.75) is 20.3 Å². The molecule has 3 nitrogen and oxygen atoms in total. The first-order valence-electron chi connectivity index (χ1n) is 8.49. The standard InChI is InChI=1S/C23H24O3/c1-17(2)13-14-20-22(26-3)16-15-19(23(20)25)21(24)12-8-7-11-18-9-5-4-6-10-18/h4-13,15-16,25H,14H2,1-3H3. The van der Waals surface area contributed by atoms with Crippen LogP contribution in [-0.2, 0) is 6.42 Å². The number of carbonyl (C=O) groups excluding carboxylic acids is 1. The molecule has 0 fully saturated rings. The maximum atomic E-state index is 12.4. The van der Waals surface area contributed by atoms with E-state index in [2.05, 4.69) is 0 Å². The van der Waals surface area contributed by atoms with Crippen LogP contribution in [0.3, 0.4) is 0 Å². The van der Waals surface area contributed by atoms with Crippen molar-refractivity contribution < 1.29 is 14.6 Å². The van der Waals surface area contributed by atoms with E-state index in [1.54, 1.807) is 31.4 Å². The number of phenols is 1. The van der Waals surface area contributed by atoms with Crippen LogP contribution >= 0.6 is 0 Å². The van der Waals surface area contributed by atoms with Crippen molar-refractivity contribution in [2.75, 3.05) is 7.11 Å². The summed E-state index contributed by atoms with van der Waals surface area (Å²) in [6.07, 6.45) is 9.34. The highest BCUT2D eigenvalue weighted by Gasteiger charge is 2.16. The second-order valence-corrected chi connectivity index (χ2v) is 6.12. The number of phenolic OH excluding ortho intramolecular Hbond substituents is 1. The number of benzene rings is 2. The van der Waals surface area contributed by atoms with Gasteiger partial charge in [-0.1, -0.05) is 60.2 Å². The molecule has 0 saturated carbocycles. The molecule has 2 aromatic carbocycles. The highest BCUT2D eigenvalue weighted by Crippen LogP contribution is 2.32. The fourth-order valence-electron chi connectivity index (χ4n) is 2.47. The van der Waals surface area contributed by atoms with Gasteiger partial charge in [-0.15, -0.1) is 0 Å². The summed E-state index contributed by atoms with van der Waals surface area (Å²) in [4.78, 5) is 12.4. The number of hydrogen-bond donors (Lipinski definition) is 1. The van der Waals surface area contributed by atoms with Crippen molar-refractivity contribution in [3.8, 4) is 11.5 Å². The zero-order valence-electron chi connectivity index (χ0n) is 15.4. The number of ketones is 1. The van der Waals surface area contributed by atoms with Gasteiger partial charge in [-0.2, -0.15) is 0 Å². The molecule has 0 unspecified atom stereocenters. The van der Waals surface area contributed by atoms with E-state index in [-0.39, 0.29) is 17.1 Å². The third-order valence-electron chi connectivity index (χ3n) is 3.89. The zero-order valence-corrected chi connectivity index (χ0v) is 15.4. The van der Waals surface area contributed by atoms with Crippen molar-refractivity contribution in [3.63, 3.8) is 0 Å². The maximum Gasteiger partial charge on any atom is 0.189 e. The van der Waals surface area contributed by atoms with E-state index in [9.17, 15) is 9.90 Å². The average Bonchev–Trinajstić information content (AvgIpc) is 2.64. The van der Waals surface area contributed by atoms with E-state index in [4.69, 9.17) is 4.74 Å². The molecule has 0 aliphatic heterocycles. The number of rotatable bonds is 7. The fraction of sp³-hybridized carbons (Fsp3) is 0.174. The summed E-state index contributed by atoms with van der Waals surface area (Å²) in [5.41, 5.74) is 3.08. The molecule has 0 aliphatic carbocycles. The van der Waals surface area contributed by atoms with Crippen LogP contribution in [-0.4, -0.2) is 18.0 Å². The predicted molar refractivity (Wildman–Crippen MR) is 107 cm³/mol. The Balaban J connectivity index is 2.20. The van der Waals surface area contributed by atoms with Crippen LogP contribution in [0.15, 0.2) is 72.3 Å². The molecule has 0 aromatic heterocycles. The first-order valence-corrected chi connectivity index (χ1v) is 8.49. The molecular weight excluding hydrogens is 324 g/mol. The second kappa shape index (κ2) is 9.42. The Hall–Kier alpha value is -3.07. The molecule has 0 bridgehead atoms. The molecule has 3 heteroatoms. The van der Waals surface area contributed by atoms with E-state index >= 15 is 0 Å². The molecule has 1 N–H and O–H groups in total. The molecule has 26 heavy (non-hydrogen) atoms. The first-order chi connectivity index (χ1) is 12.5. The molecule has 2 aromatic rings. The lowest BCUT2D eigenvalue weighted by atomic mass is 10.0. The molecule has 2 rings (SSSR count). The number of ether oxygens (including phenoxy) is 1. The van der Waals surface area contributed by atoms with Crippen molar-refractivity contribution >= 4 is 11.9 Å². The summed E-state index contributed by atoms with van der Waals surface area (Å²) in [5, 5.41) is 10.5.